The molecule has 8 heteroatoms. The van der Waals surface area contributed by atoms with Crippen LogP contribution in [0.15, 0.2) is 231 Å². The Morgan fingerprint density at radius 2 is 0.603 bits per heavy atom. The van der Waals surface area contributed by atoms with Crippen LogP contribution in [0.1, 0.15) is 27.8 Å². The van der Waals surface area contributed by atoms with Crippen molar-refractivity contribution in [2.45, 2.75) is 0 Å². The Hall–Kier alpha value is -11.6. The minimum atomic E-state index is 0.422. The Morgan fingerprint density at radius 1 is 0.269 bits per heavy atom. The number of hydrogen-bond donors (Lipinski definition) is 0. The Kier molecular flexibility index (Phi) is 11.3. The lowest BCUT2D eigenvalue weighted by Crippen LogP contribution is -2.06. The number of nitriles is 5. The van der Waals surface area contributed by atoms with Gasteiger partial charge in [-0.1, -0.05) is 133 Å². The molecule has 13 rings (SSSR count). The molecular formula is C70H38N8. The van der Waals surface area contributed by atoms with E-state index in [1.165, 1.54) is 0 Å². The van der Waals surface area contributed by atoms with Crippen LogP contribution in [0.2, 0.25) is 0 Å². The molecule has 0 radical (unpaired) electrons. The molecule has 3 aromatic heterocycles. The highest BCUT2D eigenvalue weighted by Crippen LogP contribution is 2.44. The summed E-state index contributed by atoms with van der Waals surface area (Å²) >= 11 is 0. The molecule has 0 N–H and O–H groups in total. The van der Waals surface area contributed by atoms with E-state index >= 15 is 0 Å². The van der Waals surface area contributed by atoms with Crippen LogP contribution in [-0.2, 0) is 0 Å². The topological polar surface area (TPSA) is 142 Å². The summed E-state index contributed by atoms with van der Waals surface area (Å²) in [5.74, 6) is 0. The first-order chi connectivity index (χ1) is 38.4. The summed E-state index contributed by atoms with van der Waals surface area (Å²) in [5.41, 5.74) is 18.4. The van der Waals surface area contributed by atoms with Crippen molar-refractivity contribution in [2.75, 3.05) is 0 Å². The van der Waals surface area contributed by atoms with Gasteiger partial charge in [0, 0.05) is 32.7 Å². The van der Waals surface area contributed by atoms with Crippen molar-refractivity contribution in [3.05, 3.63) is 258 Å². The van der Waals surface area contributed by atoms with E-state index < -0.39 is 0 Å². The second kappa shape index (κ2) is 19.0. The first-order valence-electron chi connectivity index (χ1n) is 25.2. The zero-order chi connectivity index (χ0) is 52.9. The summed E-state index contributed by atoms with van der Waals surface area (Å²) in [6.07, 6.45) is 0. The van der Waals surface area contributed by atoms with E-state index in [-0.39, 0.29) is 0 Å². The van der Waals surface area contributed by atoms with Gasteiger partial charge in [0.15, 0.2) is 0 Å². The summed E-state index contributed by atoms with van der Waals surface area (Å²) in [6.45, 7) is 0. The molecule has 0 aliphatic rings. The third-order valence-electron chi connectivity index (χ3n) is 14.7. The van der Waals surface area contributed by atoms with Gasteiger partial charge in [0.25, 0.3) is 0 Å². The van der Waals surface area contributed by atoms with Crippen LogP contribution in [0, 0.1) is 56.7 Å². The molecule has 78 heavy (non-hydrogen) atoms. The lowest BCUT2D eigenvalue weighted by Gasteiger charge is -2.20. The standard InChI is InChI=1S/C70H38N8/c71-39-44-9-17-48(18-10-44)53-25-29-58-59-30-26-54(49-19-11-45(40-72)12-20-49)34-66(59)77(65(58)33-53)69-37-57(43-75)62(64-8-4-7-63(76-64)52-5-2-1-3-6-52)38-70(69)78-67-35-55(50-21-13-46(41-73)14-22-50)27-31-60(67)61-32-28-56(36-68(61)78)51-23-15-47(42-74)16-24-51/h1-38H. The molecule has 0 saturated carbocycles. The van der Waals surface area contributed by atoms with E-state index in [1.54, 1.807) is 0 Å². The lowest BCUT2D eigenvalue weighted by atomic mass is 10.00. The van der Waals surface area contributed by atoms with E-state index in [1.807, 2.05) is 152 Å². The Balaban J connectivity index is 1.18. The van der Waals surface area contributed by atoms with Crippen molar-refractivity contribution in [3.63, 3.8) is 0 Å². The summed E-state index contributed by atoms with van der Waals surface area (Å²) in [7, 11) is 0. The van der Waals surface area contributed by atoms with E-state index in [4.69, 9.17) is 4.98 Å². The van der Waals surface area contributed by atoms with Gasteiger partial charge in [-0.05, 0) is 142 Å². The predicted molar refractivity (Wildman–Crippen MR) is 309 cm³/mol. The van der Waals surface area contributed by atoms with Crippen LogP contribution in [0.3, 0.4) is 0 Å². The molecule has 0 aliphatic carbocycles. The summed E-state index contributed by atoms with van der Waals surface area (Å²) in [4.78, 5) is 5.26. The summed E-state index contributed by atoms with van der Waals surface area (Å²) < 4.78 is 4.57. The molecular weight excluding hydrogens is 953 g/mol. The molecule has 0 unspecified atom stereocenters. The number of pyridine rings is 1. The third kappa shape index (κ3) is 7.95. The van der Waals surface area contributed by atoms with E-state index in [0.29, 0.717) is 39.1 Å². The van der Waals surface area contributed by atoms with Crippen molar-refractivity contribution in [1.82, 2.24) is 14.1 Å². The van der Waals surface area contributed by atoms with Gasteiger partial charge in [-0.3, -0.25) is 0 Å². The number of aromatic nitrogens is 3. The van der Waals surface area contributed by atoms with Crippen molar-refractivity contribution in [1.29, 1.82) is 26.3 Å². The van der Waals surface area contributed by atoms with Crippen molar-refractivity contribution < 1.29 is 0 Å². The lowest BCUT2D eigenvalue weighted by molar-refractivity contribution is 1.09. The van der Waals surface area contributed by atoms with Gasteiger partial charge in [0.1, 0.15) is 0 Å². The largest absolute Gasteiger partial charge is 0.307 e. The number of benzene rings is 10. The van der Waals surface area contributed by atoms with Gasteiger partial charge in [0.05, 0.1) is 103 Å². The fourth-order valence-corrected chi connectivity index (χ4v) is 10.8. The molecule has 13 aromatic rings. The quantitative estimate of drug-likeness (QED) is 0.148. The maximum atomic E-state index is 11.5. The van der Waals surface area contributed by atoms with E-state index in [2.05, 4.69) is 118 Å². The number of hydrogen-bond acceptors (Lipinski definition) is 6. The second-order valence-corrected chi connectivity index (χ2v) is 19.1. The average molecular weight is 991 g/mol. The van der Waals surface area contributed by atoms with Crippen LogP contribution in [0.4, 0.5) is 0 Å². The molecule has 0 bridgehead atoms. The molecule has 0 atom stereocenters. The SMILES string of the molecule is N#Cc1ccc(-c2ccc3c4ccc(-c5ccc(C#N)cc5)cc4n(-c4cc(C#N)c(-c5cccc(-c6ccccc6)n5)cc4-n4c5cc(-c6ccc(C#N)cc6)ccc5c5ccc(-c6ccc(C#N)cc6)cc54)c3c2)cc1. The molecule has 8 nitrogen and oxygen atoms in total. The number of fused-ring (bicyclic) bond motifs is 6. The van der Waals surface area contributed by atoms with Crippen molar-refractivity contribution >= 4 is 43.6 Å². The zero-order valence-corrected chi connectivity index (χ0v) is 41.5. The van der Waals surface area contributed by atoms with E-state index in [0.717, 1.165) is 111 Å². The van der Waals surface area contributed by atoms with Crippen LogP contribution in [0.25, 0.3) is 122 Å². The van der Waals surface area contributed by atoms with Gasteiger partial charge in [0.2, 0.25) is 0 Å². The molecule has 358 valence electrons. The first kappa shape index (κ1) is 46.2. The maximum Gasteiger partial charge on any atom is 0.0999 e. The zero-order valence-electron chi connectivity index (χ0n) is 41.5. The smallest absolute Gasteiger partial charge is 0.0999 e. The molecule has 10 aromatic carbocycles. The van der Waals surface area contributed by atoms with Gasteiger partial charge in [-0.15, -0.1) is 0 Å². The molecule has 0 amide bonds. The maximum absolute atomic E-state index is 11.5. The van der Waals surface area contributed by atoms with Gasteiger partial charge in [-0.25, -0.2) is 4.98 Å². The Bertz CT molecular complexity index is 4570. The highest BCUT2D eigenvalue weighted by molar-refractivity contribution is 6.14. The highest BCUT2D eigenvalue weighted by atomic mass is 15.1. The number of rotatable bonds is 8. The molecule has 0 fully saturated rings. The van der Waals surface area contributed by atoms with Crippen LogP contribution in [0.5, 0.6) is 0 Å². The second-order valence-electron chi connectivity index (χ2n) is 19.1. The Labute approximate surface area is 448 Å². The molecule has 0 spiro atoms. The van der Waals surface area contributed by atoms with Crippen LogP contribution >= 0.6 is 0 Å². The first-order valence-corrected chi connectivity index (χ1v) is 25.2. The average Bonchev–Trinajstić information content (AvgIpc) is 4.25. The van der Waals surface area contributed by atoms with Crippen LogP contribution in [-0.4, -0.2) is 14.1 Å². The molecule has 0 saturated heterocycles. The molecule has 0 aliphatic heterocycles. The summed E-state index contributed by atoms with van der Waals surface area (Å²) in [5, 5.41) is 54.4. The monoisotopic (exact) mass is 990 g/mol. The summed E-state index contributed by atoms with van der Waals surface area (Å²) in [6, 6.07) is 87.9. The minimum absolute atomic E-state index is 0.422. The Morgan fingerprint density at radius 3 is 0.949 bits per heavy atom. The van der Waals surface area contributed by atoms with Crippen molar-refractivity contribution in [2.24, 2.45) is 0 Å². The number of nitrogens with zero attached hydrogens (tertiary/aromatic N) is 8. The van der Waals surface area contributed by atoms with Crippen LogP contribution < -0.4 is 0 Å². The molecule has 3 heterocycles. The van der Waals surface area contributed by atoms with Gasteiger partial charge < -0.3 is 9.13 Å². The predicted octanol–water partition coefficient (Wildman–Crippen LogP) is 16.6. The third-order valence-corrected chi connectivity index (χ3v) is 14.7. The fraction of sp³-hybridized carbons (Fsp3) is 0. The van der Waals surface area contributed by atoms with E-state index in [9.17, 15) is 26.3 Å². The van der Waals surface area contributed by atoms with Crippen molar-refractivity contribution in [3.8, 4) is 109 Å². The minimum Gasteiger partial charge on any atom is -0.307 e. The normalized spacial score (nSPS) is 11.0. The highest BCUT2D eigenvalue weighted by Gasteiger charge is 2.25. The van der Waals surface area contributed by atoms with Gasteiger partial charge in [-0.2, -0.15) is 26.3 Å². The fourth-order valence-electron chi connectivity index (χ4n) is 10.8. The van der Waals surface area contributed by atoms with Gasteiger partial charge >= 0.3 is 0 Å².